The maximum absolute atomic E-state index is 5.51. The molecule has 4 heteroatoms. The van der Waals surface area contributed by atoms with Crippen LogP contribution in [-0.2, 0) is 0 Å². The largest absolute Gasteiger partial charge is 0.389 e. The summed E-state index contributed by atoms with van der Waals surface area (Å²) in [7, 11) is 0. The Morgan fingerprint density at radius 1 is 1.77 bits per heavy atom. The second-order valence-electron chi connectivity index (χ2n) is 2.43. The van der Waals surface area contributed by atoms with Gasteiger partial charge < -0.3 is 11.1 Å². The Morgan fingerprint density at radius 2 is 2.54 bits per heavy atom. The summed E-state index contributed by atoms with van der Waals surface area (Å²) in [4.78, 5) is 4.46. The van der Waals surface area contributed by atoms with E-state index in [1.165, 1.54) is 0 Å². The molecule has 3 nitrogen and oxygen atoms in total. The standard InChI is InChI=1S/C9H11N3S/c1-2-5-11-9-7(8(10)13)4-3-6-12-9/h2-4,6H,1,5H2,(H2,10,13)(H,11,12). The molecule has 68 valence electrons. The molecule has 0 amide bonds. The van der Waals surface area contributed by atoms with Gasteiger partial charge in [-0.25, -0.2) is 4.98 Å². The van der Waals surface area contributed by atoms with Crippen LogP contribution in [0.15, 0.2) is 31.0 Å². The van der Waals surface area contributed by atoms with Crippen molar-refractivity contribution < 1.29 is 0 Å². The first-order valence-electron chi connectivity index (χ1n) is 3.85. The lowest BCUT2D eigenvalue weighted by molar-refractivity contribution is 1.22. The molecule has 13 heavy (non-hydrogen) atoms. The third kappa shape index (κ3) is 2.52. The van der Waals surface area contributed by atoms with Gasteiger partial charge in [0.05, 0.1) is 5.56 Å². The molecule has 1 rings (SSSR count). The lowest BCUT2D eigenvalue weighted by Crippen LogP contribution is -2.14. The highest BCUT2D eigenvalue weighted by Crippen LogP contribution is 2.10. The molecular formula is C9H11N3S. The first kappa shape index (κ1) is 9.67. The van der Waals surface area contributed by atoms with Gasteiger partial charge in [0.2, 0.25) is 0 Å². The summed E-state index contributed by atoms with van der Waals surface area (Å²) in [6.45, 7) is 4.24. The fraction of sp³-hybridized carbons (Fsp3) is 0.111. The fourth-order valence-electron chi connectivity index (χ4n) is 0.914. The molecule has 0 unspecified atom stereocenters. The van der Waals surface area contributed by atoms with Crippen LogP contribution in [0.3, 0.4) is 0 Å². The van der Waals surface area contributed by atoms with Crippen LogP contribution in [-0.4, -0.2) is 16.5 Å². The lowest BCUT2D eigenvalue weighted by atomic mass is 10.2. The maximum Gasteiger partial charge on any atom is 0.136 e. The predicted octanol–water partition coefficient (Wildman–Crippen LogP) is 1.31. The first-order chi connectivity index (χ1) is 6.25. The third-order valence-electron chi connectivity index (χ3n) is 1.49. The Bertz CT molecular complexity index is 322. The van der Waals surface area contributed by atoms with Crippen LogP contribution in [0.2, 0.25) is 0 Å². The van der Waals surface area contributed by atoms with Gasteiger partial charge in [-0.15, -0.1) is 6.58 Å². The maximum atomic E-state index is 5.51. The number of thiocarbonyl (C=S) groups is 1. The molecule has 0 saturated carbocycles. The minimum atomic E-state index is 0.347. The number of hydrogen-bond acceptors (Lipinski definition) is 3. The van der Waals surface area contributed by atoms with Gasteiger partial charge in [0.1, 0.15) is 10.8 Å². The van der Waals surface area contributed by atoms with Crippen LogP contribution in [0.5, 0.6) is 0 Å². The molecule has 1 aromatic heterocycles. The van der Waals surface area contributed by atoms with Gasteiger partial charge >= 0.3 is 0 Å². The second kappa shape index (κ2) is 4.57. The van der Waals surface area contributed by atoms with Crippen LogP contribution in [0.4, 0.5) is 5.82 Å². The van der Waals surface area contributed by atoms with Crippen molar-refractivity contribution in [3.8, 4) is 0 Å². The Morgan fingerprint density at radius 3 is 3.15 bits per heavy atom. The van der Waals surface area contributed by atoms with E-state index in [2.05, 4.69) is 16.9 Å². The summed E-state index contributed by atoms with van der Waals surface area (Å²) in [6.07, 6.45) is 3.44. The van der Waals surface area contributed by atoms with E-state index in [4.69, 9.17) is 18.0 Å². The zero-order valence-corrected chi connectivity index (χ0v) is 7.97. The third-order valence-corrected chi connectivity index (χ3v) is 1.71. The van der Waals surface area contributed by atoms with E-state index >= 15 is 0 Å². The zero-order chi connectivity index (χ0) is 9.68. The van der Waals surface area contributed by atoms with Crippen molar-refractivity contribution in [3.05, 3.63) is 36.5 Å². The number of anilines is 1. The molecule has 3 N–H and O–H groups in total. The van der Waals surface area contributed by atoms with Crippen molar-refractivity contribution in [1.29, 1.82) is 0 Å². The van der Waals surface area contributed by atoms with E-state index in [9.17, 15) is 0 Å². The molecule has 1 heterocycles. The number of hydrogen-bond donors (Lipinski definition) is 2. The van der Waals surface area contributed by atoms with E-state index in [1.807, 2.05) is 6.07 Å². The van der Waals surface area contributed by atoms with Crippen LogP contribution in [0.25, 0.3) is 0 Å². The molecule has 0 spiro atoms. The summed E-state index contributed by atoms with van der Waals surface area (Å²) in [5, 5.41) is 3.05. The molecule has 0 aromatic carbocycles. The zero-order valence-electron chi connectivity index (χ0n) is 7.16. The fourth-order valence-corrected chi connectivity index (χ4v) is 1.08. The number of nitrogens with one attached hydrogen (secondary N) is 1. The second-order valence-corrected chi connectivity index (χ2v) is 2.87. The van der Waals surface area contributed by atoms with E-state index in [0.717, 1.165) is 5.56 Å². The van der Waals surface area contributed by atoms with E-state index < -0.39 is 0 Å². The monoisotopic (exact) mass is 193 g/mol. The van der Waals surface area contributed by atoms with Crippen molar-refractivity contribution >= 4 is 23.0 Å². The topological polar surface area (TPSA) is 50.9 Å². The van der Waals surface area contributed by atoms with Crippen LogP contribution >= 0.6 is 12.2 Å². The summed E-state index contributed by atoms with van der Waals surface area (Å²) >= 11 is 4.87. The quantitative estimate of drug-likeness (QED) is 0.559. The number of aromatic nitrogens is 1. The summed E-state index contributed by atoms with van der Waals surface area (Å²) in [6, 6.07) is 3.63. The molecule has 0 bridgehead atoms. The first-order valence-corrected chi connectivity index (χ1v) is 4.26. The highest BCUT2D eigenvalue weighted by Gasteiger charge is 2.03. The minimum absolute atomic E-state index is 0.347. The molecule has 0 aliphatic carbocycles. The molecule has 1 aromatic rings. The van der Waals surface area contributed by atoms with Crippen molar-refractivity contribution in [2.24, 2.45) is 5.73 Å². The van der Waals surface area contributed by atoms with Gasteiger partial charge in [0.15, 0.2) is 0 Å². The molecule has 0 fully saturated rings. The highest BCUT2D eigenvalue weighted by atomic mass is 32.1. The molecule has 0 aliphatic heterocycles. The number of pyridine rings is 1. The van der Waals surface area contributed by atoms with E-state index in [1.54, 1.807) is 18.3 Å². The van der Waals surface area contributed by atoms with Crippen molar-refractivity contribution in [2.75, 3.05) is 11.9 Å². The SMILES string of the molecule is C=CCNc1ncccc1C(N)=S. The van der Waals surface area contributed by atoms with Gasteiger partial charge in [-0.2, -0.15) is 0 Å². The van der Waals surface area contributed by atoms with Gasteiger partial charge in [-0.3, -0.25) is 0 Å². The smallest absolute Gasteiger partial charge is 0.136 e. The minimum Gasteiger partial charge on any atom is -0.389 e. The van der Waals surface area contributed by atoms with Gasteiger partial charge in [-0.05, 0) is 12.1 Å². The summed E-state index contributed by atoms with van der Waals surface area (Å²) in [5.41, 5.74) is 6.28. The Kier molecular flexibility index (Phi) is 3.40. The lowest BCUT2D eigenvalue weighted by Gasteiger charge is -2.06. The predicted molar refractivity (Wildman–Crippen MR) is 58.8 cm³/mol. The van der Waals surface area contributed by atoms with Gasteiger partial charge in [0.25, 0.3) is 0 Å². The molecule has 0 saturated heterocycles. The highest BCUT2D eigenvalue weighted by molar-refractivity contribution is 7.80. The molecular weight excluding hydrogens is 182 g/mol. The van der Waals surface area contributed by atoms with Crippen LogP contribution in [0.1, 0.15) is 5.56 Å². The van der Waals surface area contributed by atoms with Crippen molar-refractivity contribution in [3.63, 3.8) is 0 Å². The summed E-state index contributed by atoms with van der Waals surface area (Å²) in [5.74, 6) is 0.704. The number of nitrogens with two attached hydrogens (primary N) is 1. The van der Waals surface area contributed by atoms with E-state index in [-0.39, 0.29) is 0 Å². The number of rotatable bonds is 4. The van der Waals surface area contributed by atoms with Crippen molar-refractivity contribution in [2.45, 2.75) is 0 Å². The van der Waals surface area contributed by atoms with Crippen molar-refractivity contribution in [1.82, 2.24) is 4.98 Å². The molecule has 0 radical (unpaired) electrons. The van der Waals surface area contributed by atoms with Gasteiger partial charge in [-0.1, -0.05) is 18.3 Å². The average molecular weight is 193 g/mol. The Hall–Kier alpha value is -1.42. The number of nitrogens with zero attached hydrogens (tertiary/aromatic N) is 1. The van der Waals surface area contributed by atoms with E-state index in [0.29, 0.717) is 17.4 Å². The Labute approximate surface area is 82.7 Å². The van der Waals surface area contributed by atoms with Gasteiger partial charge in [0, 0.05) is 12.7 Å². The average Bonchev–Trinajstić information content (AvgIpc) is 2.15. The molecule has 0 atom stereocenters. The summed E-state index contributed by atoms with van der Waals surface area (Å²) < 4.78 is 0. The normalized spacial score (nSPS) is 9.23. The Balaban J connectivity index is 2.90. The molecule has 0 aliphatic rings. The van der Waals surface area contributed by atoms with Crippen LogP contribution < -0.4 is 11.1 Å². The van der Waals surface area contributed by atoms with Crippen LogP contribution in [0, 0.1) is 0 Å².